The predicted molar refractivity (Wildman–Crippen MR) is 153 cm³/mol. The Kier molecular flexibility index (Phi) is 8.04. The number of carbonyl (C=O) groups is 1. The van der Waals surface area contributed by atoms with E-state index in [1.807, 2.05) is 61.7 Å². The fourth-order valence-electron chi connectivity index (χ4n) is 4.25. The van der Waals surface area contributed by atoms with Crippen molar-refractivity contribution in [1.82, 2.24) is 9.99 Å². The summed E-state index contributed by atoms with van der Waals surface area (Å²) in [4.78, 5) is 13.0. The van der Waals surface area contributed by atoms with E-state index in [9.17, 15) is 13.2 Å². The summed E-state index contributed by atoms with van der Waals surface area (Å²) in [6.45, 7) is 7.18. The molecule has 0 aliphatic carbocycles. The van der Waals surface area contributed by atoms with Crippen LogP contribution in [0.5, 0.6) is 0 Å². The van der Waals surface area contributed by atoms with Crippen molar-refractivity contribution in [3.05, 3.63) is 112 Å². The van der Waals surface area contributed by atoms with E-state index in [2.05, 4.69) is 10.5 Å². The Hall–Kier alpha value is -3.88. The number of benzene rings is 3. The van der Waals surface area contributed by atoms with Crippen LogP contribution in [0.2, 0.25) is 5.02 Å². The molecule has 0 radical (unpaired) electrons. The number of halogens is 1. The van der Waals surface area contributed by atoms with Crippen LogP contribution >= 0.6 is 11.6 Å². The molecule has 0 atom stereocenters. The molecule has 0 aliphatic rings. The van der Waals surface area contributed by atoms with E-state index in [1.54, 1.807) is 55.6 Å². The first-order chi connectivity index (χ1) is 18.1. The number of rotatable bonds is 8. The second-order valence-electron chi connectivity index (χ2n) is 9.05. The molecule has 1 amide bonds. The zero-order chi connectivity index (χ0) is 27.4. The summed E-state index contributed by atoms with van der Waals surface area (Å²) in [6.07, 6.45) is 1.55. The van der Waals surface area contributed by atoms with E-state index in [0.29, 0.717) is 10.7 Å². The highest BCUT2D eigenvalue weighted by Crippen LogP contribution is 2.27. The Morgan fingerprint density at radius 1 is 0.974 bits per heavy atom. The number of sulfonamides is 1. The van der Waals surface area contributed by atoms with Crippen LogP contribution in [0.3, 0.4) is 0 Å². The minimum atomic E-state index is -4.00. The third-order valence-electron chi connectivity index (χ3n) is 6.21. The van der Waals surface area contributed by atoms with Gasteiger partial charge in [0.2, 0.25) is 0 Å². The van der Waals surface area contributed by atoms with Gasteiger partial charge < -0.3 is 4.57 Å². The number of nitrogens with one attached hydrogen (secondary N) is 1. The number of aryl methyl sites for hydroxylation is 3. The van der Waals surface area contributed by atoms with Gasteiger partial charge in [-0.2, -0.15) is 5.10 Å². The van der Waals surface area contributed by atoms with Crippen LogP contribution in [-0.2, 0) is 14.8 Å². The minimum absolute atomic E-state index is 0.108. The highest BCUT2D eigenvalue weighted by molar-refractivity contribution is 7.92. The third kappa shape index (κ3) is 5.82. The number of amides is 1. The lowest BCUT2D eigenvalue weighted by Gasteiger charge is -2.25. The monoisotopic (exact) mass is 548 g/mol. The fourth-order valence-corrected chi connectivity index (χ4v) is 5.92. The van der Waals surface area contributed by atoms with Crippen molar-refractivity contribution < 1.29 is 13.2 Å². The summed E-state index contributed by atoms with van der Waals surface area (Å²) < 4.78 is 30.3. The topological polar surface area (TPSA) is 83.8 Å². The quantitative estimate of drug-likeness (QED) is 0.226. The summed E-state index contributed by atoms with van der Waals surface area (Å²) >= 11 is 6.16. The second kappa shape index (κ2) is 11.2. The first-order valence-corrected chi connectivity index (χ1v) is 13.8. The average molecular weight is 549 g/mol. The number of anilines is 1. The van der Waals surface area contributed by atoms with E-state index in [-0.39, 0.29) is 4.90 Å². The van der Waals surface area contributed by atoms with Gasteiger partial charge in [0.25, 0.3) is 15.9 Å². The Bertz CT molecular complexity index is 1610. The van der Waals surface area contributed by atoms with Gasteiger partial charge in [0.1, 0.15) is 6.54 Å². The number of para-hydroxylation sites is 1. The van der Waals surface area contributed by atoms with E-state index in [0.717, 1.165) is 38.1 Å². The minimum Gasteiger partial charge on any atom is -0.318 e. The van der Waals surface area contributed by atoms with Crippen molar-refractivity contribution in [1.29, 1.82) is 0 Å². The summed E-state index contributed by atoms with van der Waals surface area (Å²) in [5.74, 6) is -0.566. The number of aromatic nitrogens is 1. The molecule has 4 rings (SSSR count). The van der Waals surface area contributed by atoms with Gasteiger partial charge in [-0.1, -0.05) is 53.6 Å². The summed E-state index contributed by atoms with van der Waals surface area (Å²) in [7, 11) is -4.00. The molecule has 0 saturated heterocycles. The Balaban J connectivity index is 1.56. The van der Waals surface area contributed by atoms with Crippen molar-refractivity contribution in [2.75, 3.05) is 10.8 Å². The third-order valence-corrected chi connectivity index (χ3v) is 8.22. The molecule has 0 bridgehead atoms. The zero-order valence-electron chi connectivity index (χ0n) is 21.6. The molecule has 0 unspecified atom stereocenters. The van der Waals surface area contributed by atoms with Crippen LogP contribution in [0.25, 0.3) is 5.69 Å². The number of hydrogen-bond acceptors (Lipinski definition) is 4. The van der Waals surface area contributed by atoms with Crippen LogP contribution in [0.1, 0.15) is 28.1 Å². The van der Waals surface area contributed by atoms with Gasteiger partial charge in [-0.3, -0.25) is 9.10 Å². The number of hydrazone groups is 1. The van der Waals surface area contributed by atoms with Crippen LogP contribution in [0, 0.1) is 27.7 Å². The van der Waals surface area contributed by atoms with Crippen molar-refractivity contribution in [2.45, 2.75) is 32.6 Å². The van der Waals surface area contributed by atoms with Crippen molar-refractivity contribution >= 4 is 39.4 Å². The molecule has 196 valence electrons. The van der Waals surface area contributed by atoms with Crippen molar-refractivity contribution in [3.8, 4) is 5.69 Å². The van der Waals surface area contributed by atoms with Crippen molar-refractivity contribution in [2.24, 2.45) is 5.10 Å². The maximum atomic E-state index is 13.6. The SMILES string of the molecule is Cc1ccc(S(=O)(=O)N(CC(=O)N/N=C\c2cc(C)n(-c3cccc(Cl)c3)c2C)c2ccccc2C)cc1. The van der Waals surface area contributed by atoms with E-state index >= 15 is 0 Å². The first kappa shape index (κ1) is 27.2. The van der Waals surface area contributed by atoms with Gasteiger partial charge >= 0.3 is 0 Å². The molecule has 3 aromatic carbocycles. The Labute approximate surface area is 228 Å². The lowest BCUT2D eigenvalue weighted by Crippen LogP contribution is -2.40. The van der Waals surface area contributed by atoms with E-state index < -0.39 is 22.5 Å². The molecule has 7 nitrogen and oxygen atoms in total. The second-order valence-corrected chi connectivity index (χ2v) is 11.3. The number of hydrogen-bond donors (Lipinski definition) is 1. The average Bonchev–Trinajstić information content (AvgIpc) is 3.16. The fraction of sp³-hybridized carbons (Fsp3) is 0.172. The molecule has 4 aromatic rings. The number of carbonyl (C=O) groups excluding carboxylic acids is 1. The van der Waals surface area contributed by atoms with E-state index in [4.69, 9.17) is 11.6 Å². The molecule has 0 aliphatic heterocycles. The van der Waals surface area contributed by atoms with Gasteiger partial charge in [-0.05, 0) is 75.7 Å². The van der Waals surface area contributed by atoms with Crippen LogP contribution in [0.4, 0.5) is 5.69 Å². The molecule has 0 fully saturated rings. The lowest BCUT2D eigenvalue weighted by molar-refractivity contribution is -0.119. The Morgan fingerprint density at radius 2 is 1.68 bits per heavy atom. The standard InChI is InChI=1S/C29H29ClN4O3S/c1-20-12-14-27(15-13-20)38(36,37)33(28-11-6-5-8-21(28)2)19-29(35)32-31-18-24-16-22(3)34(23(24)4)26-10-7-9-25(30)17-26/h5-18H,19H2,1-4H3,(H,32,35)/b31-18-. The highest BCUT2D eigenvalue weighted by atomic mass is 35.5. The molecule has 1 heterocycles. The summed E-state index contributed by atoms with van der Waals surface area (Å²) in [5, 5.41) is 4.75. The zero-order valence-corrected chi connectivity index (χ0v) is 23.2. The van der Waals surface area contributed by atoms with Crippen LogP contribution in [-0.4, -0.2) is 31.7 Å². The lowest BCUT2D eigenvalue weighted by atomic mass is 10.2. The smallest absolute Gasteiger partial charge is 0.264 e. The van der Waals surface area contributed by atoms with Crippen LogP contribution in [0.15, 0.2) is 88.9 Å². The molecule has 9 heteroatoms. The molecular formula is C29H29ClN4O3S. The maximum absolute atomic E-state index is 13.6. The Morgan fingerprint density at radius 3 is 2.37 bits per heavy atom. The normalized spacial score (nSPS) is 11.6. The molecule has 0 saturated carbocycles. The van der Waals surface area contributed by atoms with Crippen molar-refractivity contribution in [3.63, 3.8) is 0 Å². The molecule has 1 aromatic heterocycles. The van der Waals surface area contributed by atoms with E-state index in [1.165, 1.54) is 0 Å². The molecule has 0 spiro atoms. The maximum Gasteiger partial charge on any atom is 0.264 e. The van der Waals surface area contributed by atoms with Gasteiger partial charge in [-0.15, -0.1) is 0 Å². The predicted octanol–water partition coefficient (Wildman–Crippen LogP) is 5.71. The molecular weight excluding hydrogens is 520 g/mol. The van der Waals surface area contributed by atoms with Gasteiger partial charge in [0.15, 0.2) is 0 Å². The van der Waals surface area contributed by atoms with Gasteiger partial charge in [-0.25, -0.2) is 13.8 Å². The molecule has 1 N–H and O–H groups in total. The number of nitrogens with zero attached hydrogens (tertiary/aromatic N) is 3. The summed E-state index contributed by atoms with van der Waals surface area (Å²) in [5.41, 5.74) is 8.21. The van der Waals surface area contributed by atoms with Gasteiger partial charge in [0.05, 0.1) is 16.8 Å². The molecule has 38 heavy (non-hydrogen) atoms. The van der Waals surface area contributed by atoms with Gasteiger partial charge in [0, 0.05) is 27.7 Å². The van der Waals surface area contributed by atoms with Crippen LogP contribution < -0.4 is 9.73 Å². The summed E-state index contributed by atoms with van der Waals surface area (Å²) in [6, 6.07) is 23.1. The highest BCUT2D eigenvalue weighted by Gasteiger charge is 2.28. The first-order valence-electron chi connectivity index (χ1n) is 12.0. The largest absolute Gasteiger partial charge is 0.318 e.